The van der Waals surface area contributed by atoms with Crippen molar-refractivity contribution in [3.63, 3.8) is 0 Å². The molecule has 3 N–H and O–H groups in total. The minimum absolute atomic E-state index is 0.0966. The molecule has 2 heterocycles. The van der Waals surface area contributed by atoms with Gasteiger partial charge in [-0.05, 0) is 24.6 Å². The zero-order chi connectivity index (χ0) is 18.1. The second-order valence-electron chi connectivity index (χ2n) is 5.88. The van der Waals surface area contributed by atoms with Crippen molar-refractivity contribution in [3.8, 4) is 0 Å². The van der Waals surface area contributed by atoms with Gasteiger partial charge in [0.1, 0.15) is 5.76 Å². The molecular formula is C17H19N5O3. The number of hydrogen-bond donors (Lipinski definition) is 2. The third kappa shape index (κ3) is 3.37. The Kier molecular flexibility index (Phi) is 4.26. The number of oxazole rings is 1. The number of aliphatic imine (C=N–C) groups is 1. The van der Waals surface area contributed by atoms with E-state index in [1.165, 1.54) is 4.90 Å². The monoisotopic (exact) mass is 341 g/mol. The summed E-state index contributed by atoms with van der Waals surface area (Å²) in [7, 11) is 1.59. The van der Waals surface area contributed by atoms with Crippen LogP contribution in [0.3, 0.4) is 0 Å². The number of carbonyl (C=O) groups excluding carboxylic acids is 2. The maximum atomic E-state index is 12.3. The van der Waals surface area contributed by atoms with E-state index in [0.29, 0.717) is 17.3 Å². The van der Waals surface area contributed by atoms with Crippen LogP contribution in [0.1, 0.15) is 40.2 Å². The number of guanidine groups is 1. The number of aromatic nitrogens is 1. The molecule has 1 aliphatic heterocycles. The number of amides is 2. The summed E-state index contributed by atoms with van der Waals surface area (Å²) in [5.41, 5.74) is 7.41. The fourth-order valence-electron chi connectivity index (χ4n) is 2.67. The smallest absolute Gasteiger partial charge is 0.277 e. The Labute approximate surface area is 144 Å². The molecular weight excluding hydrogens is 322 g/mol. The number of aryl methyl sites for hydroxylation is 2. The first-order valence-electron chi connectivity index (χ1n) is 7.80. The van der Waals surface area contributed by atoms with E-state index in [1.807, 2.05) is 6.07 Å². The molecule has 1 atom stereocenters. The van der Waals surface area contributed by atoms with Crippen LogP contribution in [0.5, 0.6) is 0 Å². The molecule has 0 radical (unpaired) electrons. The summed E-state index contributed by atoms with van der Waals surface area (Å²) in [6, 6.07) is 6.81. The molecule has 0 spiro atoms. The molecule has 0 fully saturated rings. The van der Waals surface area contributed by atoms with Crippen LogP contribution in [0.4, 0.5) is 5.69 Å². The van der Waals surface area contributed by atoms with Gasteiger partial charge in [-0.1, -0.05) is 12.1 Å². The number of rotatable bonds is 3. The number of nitrogens with two attached hydrogens (primary N) is 1. The van der Waals surface area contributed by atoms with Gasteiger partial charge in [0.05, 0.1) is 12.5 Å². The molecule has 1 aromatic heterocycles. The number of nitrogens with one attached hydrogen (secondary N) is 1. The number of anilines is 1. The summed E-state index contributed by atoms with van der Waals surface area (Å²) >= 11 is 0. The maximum absolute atomic E-state index is 12.3. The minimum Gasteiger partial charge on any atom is -0.445 e. The fraction of sp³-hybridized carbons (Fsp3) is 0.294. The highest BCUT2D eigenvalue weighted by molar-refractivity contribution is 6.03. The van der Waals surface area contributed by atoms with Gasteiger partial charge in [-0.3, -0.25) is 14.5 Å². The van der Waals surface area contributed by atoms with Gasteiger partial charge in [0.2, 0.25) is 5.91 Å². The SMILES string of the molecule is Cc1nc(C(=O)Nc2cccc(C3CC(=O)N(C)C(N)=N3)c2)c(C)o1. The predicted molar refractivity (Wildman–Crippen MR) is 92.1 cm³/mol. The summed E-state index contributed by atoms with van der Waals surface area (Å²) in [5, 5.41) is 2.79. The molecule has 8 heteroatoms. The van der Waals surface area contributed by atoms with E-state index in [0.717, 1.165) is 5.56 Å². The lowest BCUT2D eigenvalue weighted by Gasteiger charge is -2.25. The predicted octanol–water partition coefficient (Wildman–Crippen LogP) is 1.76. The summed E-state index contributed by atoms with van der Waals surface area (Å²) in [5.74, 6) is 0.634. The first-order chi connectivity index (χ1) is 11.8. The summed E-state index contributed by atoms with van der Waals surface area (Å²) in [6.07, 6.45) is 0.232. The molecule has 8 nitrogen and oxygen atoms in total. The van der Waals surface area contributed by atoms with Crippen LogP contribution in [0.2, 0.25) is 0 Å². The molecule has 25 heavy (non-hydrogen) atoms. The Morgan fingerprint density at radius 2 is 2.16 bits per heavy atom. The maximum Gasteiger partial charge on any atom is 0.277 e. The highest BCUT2D eigenvalue weighted by Gasteiger charge is 2.26. The molecule has 0 saturated carbocycles. The average molecular weight is 341 g/mol. The molecule has 1 aromatic carbocycles. The van der Waals surface area contributed by atoms with Crippen molar-refractivity contribution in [2.75, 3.05) is 12.4 Å². The highest BCUT2D eigenvalue weighted by Crippen LogP contribution is 2.27. The van der Waals surface area contributed by atoms with Crippen molar-refractivity contribution < 1.29 is 14.0 Å². The lowest BCUT2D eigenvalue weighted by Crippen LogP contribution is -2.42. The van der Waals surface area contributed by atoms with Gasteiger partial charge < -0.3 is 15.5 Å². The summed E-state index contributed by atoms with van der Waals surface area (Å²) in [6.45, 7) is 3.37. The Balaban J connectivity index is 1.81. The molecule has 0 aliphatic carbocycles. The van der Waals surface area contributed by atoms with Gasteiger partial charge in [-0.25, -0.2) is 9.98 Å². The standard InChI is InChI=1S/C17H19N5O3/c1-9-15(19-10(2)25-9)16(24)20-12-6-4-5-11(7-12)13-8-14(23)22(3)17(18)21-13/h4-7,13H,8H2,1-3H3,(H2,18,21)(H,20,24). The van der Waals surface area contributed by atoms with Crippen molar-refractivity contribution in [3.05, 3.63) is 47.2 Å². The van der Waals surface area contributed by atoms with E-state index in [9.17, 15) is 9.59 Å². The first-order valence-corrected chi connectivity index (χ1v) is 7.80. The zero-order valence-electron chi connectivity index (χ0n) is 14.2. The second kappa shape index (κ2) is 6.39. The topological polar surface area (TPSA) is 114 Å². The number of nitrogens with zero attached hydrogens (tertiary/aromatic N) is 3. The third-order valence-corrected chi connectivity index (χ3v) is 4.02. The van der Waals surface area contributed by atoms with Crippen molar-refractivity contribution in [2.24, 2.45) is 10.7 Å². The van der Waals surface area contributed by atoms with E-state index in [4.69, 9.17) is 10.2 Å². The van der Waals surface area contributed by atoms with Crippen molar-refractivity contribution in [2.45, 2.75) is 26.3 Å². The van der Waals surface area contributed by atoms with Gasteiger partial charge >= 0.3 is 0 Å². The number of carbonyl (C=O) groups is 2. The van der Waals surface area contributed by atoms with Crippen LogP contribution in [-0.2, 0) is 4.79 Å². The van der Waals surface area contributed by atoms with Crippen LogP contribution in [0.15, 0.2) is 33.7 Å². The van der Waals surface area contributed by atoms with Crippen molar-refractivity contribution in [1.82, 2.24) is 9.88 Å². The fourth-order valence-corrected chi connectivity index (χ4v) is 2.67. The van der Waals surface area contributed by atoms with Crippen LogP contribution < -0.4 is 11.1 Å². The van der Waals surface area contributed by atoms with Crippen LogP contribution >= 0.6 is 0 Å². The van der Waals surface area contributed by atoms with Crippen molar-refractivity contribution >= 4 is 23.5 Å². The summed E-state index contributed by atoms with van der Waals surface area (Å²) < 4.78 is 5.28. The van der Waals surface area contributed by atoms with E-state index >= 15 is 0 Å². The lowest BCUT2D eigenvalue weighted by atomic mass is 10.0. The molecule has 130 valence electrons. The molecule has 1 unspecified atom stereocenters. The van der Waals surface area contributed by atoms with E-state index in [1.54, 1.807) is 39.1 Å². The Morgan fingerprint density at radius 3 is 2.80 bits per heavy atom. The van der Waals surface area contributed by atoms with Gasteiger partial charge in [-0.2, -0.15) is 0 Å². The zero-order valence-corrected chi connectivity index (χ0v) is 14.2. The summed E-state index contributed by atoms with van der Waals surface area (Å²) in [4.78, 5) is 34.0. The lowest BCUT2D eigenvalue weighted by molar-refractivity contribution is -0.127. The molecule has 2 amide bonds. The normalized spacial score (nSPS) is 17.4. The molecule has 0 bridgehead atoms. The van der Waals surface area contributed by atoms with Gasteiger partial charge in [0, 0.05) is 19.7 Å². The van der Waals surface area contributed by atoms with Crippen molar-refractivity contribution in [1.29, 1.82) is 0 Å². The van der Waals surface area contributed by atoms with Gasteiger partial charge in [-0.15, -0.1) is 0 Å². The highest BCUT2D eigenvalue weighted by atomic mass is 16.4. The quantitative estimate of drug-likeness (QED) is 0.883. The average Bonchev–Trinajstić information content (AvgIpc) is 2.91. The van der Waals surface area contributed by atoms with E-state index < -0.39 is 0 Å². The number of benzene rings is 1. The third-order valence-electron chi connectivity index (χ3n) is 4.02. The minimum atomic E-state index is -0.364. The van der Waals surface area contributed by atoms with Crippen LogP contribution in [0, 0.1) is 13.8 Å². The van der Waals surface area contributed by atoms with Crippen LogP contribution in [0.25, 0.3) is 0 Å². The first kappa shape index (κ1) is 16.7. The Bertz CT molecular complexity index is 871. The molecule has 0 saturated heterocycles. The van der Waals surface area contributed by atoms with E-state index in [2.05, 4.69) is 15.3 Å². The number of hydrogen-bond acceptors (Lipinski definition) is 6. The molecule has 2 aromatic rings. The molecule has 1 aliphatic rings. The van der Waals surface area contributed by atoms with Crippen LogP contribution in [-0.4, -0.2) is 34.7 Å². The largest absolute Gasteiger partial charge is 0.445 e. The Hall–Kier alpha value is -3.16. The van der Waals surface area contributed by atoms with E-state index in [-0.39, 0.29) is 35.9 Å². The van der Waals surface area contributed by atoms with Gasteiger partial charge in [0.15, 0.2) is 17.5 Å². The molecule has 3 rings (SSSR count). The van der Waals surface area contributed by atoms with Gasteiger partial charge in [0.25, 0.3) is 5.91 Å². The Morgan fingerprint density at radius 1 is 1.40 bits per heavy atom. The second-order valence-corrected chi connectivity index (χ2v) is 5.88.